The fraction of sp³-hybridized carbons (Fsp3) is 0.686. The highest BCUT2D eigenvalue weighted by molar-refractivity contribution is 5.93. The molecule has 0 spiro atoms. The number of methoxy groups -OCH3 is 1. The van der Waals surface area contributed by atoms with Crippen molar-refractivity contribution in [2.75, 3.05) is 45.3 Å². The Morgan fingerprint density at radius 3 is 1.57 bits per heavy atom. The highest BCUT2D eigenvalue weighted by atomic mass is 16.5. The number of hydrogen-bond acceptors (Lipinski definition) is 8. The number of rotatable bonds is 22. The molecule has 1 aliphatic rings. The molecule has 0 saturated heterocycles. The first-order valence-corrected chi connectivity index (χ1v) is 23.6. The molecule has 7 N–H and O–H groups in total. The molecule has 4 amide bonds. The van der Waals surface area contributed by atoms with Gasteiger partial charge in [-0.15, -0.1) is 0 Å². The van der Waals surface area contributed by atoms with Gasteiger partial charge in [-0.2, -0.15) is 0 Å². The van der Waals surface area contributed by atoms with Crippen molar-refractivity contribution in [3.05, 3.63) is 59.3 Å². The van der Waals surface area contributed by atoms with E-state index in [1.807, 2.05) is 80.5 Å². The summed E-state index contributed by atoms with van der Waals surface area (Å²) < 4.78 is 4.84. The number of carbonyl (C=O) groups excluding carboxylic acids is 4. The minimum absolute atomic E-state index is 0.0452. The Morgan fingerprint density at radius 2 is 1.21 bits per heavy atom. The van der Waals surface area contributed by atoms with Crippen LogP contribution in [0.3, 0.4) is 0 Å². The molecule has 0 heterocycles. The van der Waals surface area contributed by atoms with Gasteiger partial charge in [0.1, 0.15) is 0 Å². The fourth-order valence-electron chi connectivity index (χ4n) is 5.25. The van der Waals surface area contributed by atoms with Crippen molar-refractivity contribution in [1.29, 1.82) is 0 Å². The standard InChI is InChI=1S/C35H52N4O5.C5H12O2.C5H12O.3C2H6/c1-7-26(38-34(43)12-8-10-32(41)36-18-16-23(2)3)20-29-25(6)28-15-14-27(21-30(28)31(29)22-40)39-35(44)13-9-11-33(42)37-19-17-24(4)5;1-5(2,4-6)7-3;1-5(2)3-4-6;3*1-2/h7,14-15,20-21,23-24,31,40H,6,8-13,16-19,22H2,1-5H3,(H,36,41)(H,37,42)(H,38,43)(H,39,44);6H,4H2,1-3H3;5-6H,3-4H2,1-2H3;3*1-2H3/b26-7+,29-20+;;;;;. The minimum atomic E-state index is -0.370. The highest BCUT2D eigenvalue weighted by Crippen LogP contribution is 2.45. The summed E-state index contributed by atoms with van der Waals surface area (Å²) in [5.74, 6) is 0.858. The lowest BCUT2D eigenvalue weighted by Crippen LogP contribution is -2.26. The van der Waals surface area contributed by atoms with Crippen LogP contribution in [0.1, 0.15) is 179 Å². The monoisotopic (exact) mass is 891 g/mol. The molecule has 1 aliphatic carbocycles. The van der Waals surface area contributed by atoms with Crippen molar-refractivity contribution in [3.8, 4) is 0 Å². The van der Waals surface area contributed by atoms with E-state index in [1.165, 1.54) is 0 Å². The molecule has 1 aromatic carbocycles. The Kier molecular flexibility index (Phi) is 42.7. The molecular formula is C51H94N4O8. The second kappa shape index (κ2) is 40.9. The van der Waals surface area contributed by atoms with Gasteiger partial charge in [-0.05, 0) is 111 Å². The van der Waals surface area contributed by atoms with Crippen LogP contribution in [-0.4, -0.2) is 84.6 Å². The smallest absolute Gasteiger partial charge is 0.224 e. The predicted octanol–water partition coefficient (Wildman–Crippen LogP) is 9.85. The Morgan fingerprint density at radius 1 is 0.746 bits per heavy atom. The van der Waals surface area contributed by atoms with E-state index in [1.54, 1.807) is 19.3 Å². The first-order chi connectivity index (χ1) is 29.8. The van der Waals surface area contributed by atoms with Crippen molar-refractivity contribution in [2.24, 2.45) is 17.8 Å². The van der Waals surface area contributed by atoms with E-state index in [0.29, 0.717) is 74.5 Å². The quantitative estimate of drug-likeness (QED) is 0.0600. The maximum atomic E-state index is 12.6. The molecule has 366 valence electrons. The van der Waals surface area contributed by atoms with Crippen LogP contribution in [0.4, 0.5) is 5.69 Å². The maximum Gasteiger partial charge on any atom is 0.224 e. The number of nitrogens with one attached hydrogen (secondary N) is 4. The zero-order chi connectivity index (χ0) is 49.6. The molecule has 0 aromatic heterocycles. The lowest BCUT2D eigenvalue weighted by Gasteiger charge is -2.18. The van der Waals surface area contributed by atoms with Crippen LogP contribution in [-0.2, 0) is 23.9 Å². The lowest BCUT2D eigenvalue weighted by molar-refractivity contribution is -0.123. The predicted molar refractivity (Wildman–Crippen MR) is 265 cm³/mol. The van der Waals surface area contributed by atoms with Crippen molar-refractivity contribution >= 4 is 34.9 Å². The van der Waals surface area contributed by atoms with Gasteiger partial charge in [0.05, 0.1) is 18.8 Å². The number of fused-ring (bicyclic) bond motifs is 1. The van der Waals surface area contributed by atoms with E-state index in [4.69, 9.17) is 14.9 Å². The van der Waals surface area contributed by atoms with Crippen LogP contribution in [0, 0.1) is 17.8 Å². The van der Waals surface area contributed by atoms with E-state index in [0.717, 1.165) is 41.5 Å². The van der Waals surface area contributed by atoms with Gasteiger partial charge in [0.2, 0.25) is 23.6 Å². The molecule has 0 aliphatic heterocycles. The van der Waals surface area contributed by atoms with Crippen LogP contribution >= 0.6 is 0 Å². The van der Waals surface area contributed by atoms with E-state index in [-0.39, 0.29) is 61.2 Å². The normalized spacial score (nSPS) is 13.4. The van der Waals surface area contributed by atoms with E-state index >= 15 is 0 Å². The number of aliphatic hydroxyl groups is 3. The van der Waals surface area contributed by atoms with Crippen molar-refractivity contribution in [1.82, 2.24) is 16.0 Å². The summed E-state index contributed by atoms with van der Waals surface area (Å²) in [5.41, 5.74) is 4.07. The van der Waals surface area contributed by atoms with Crippen LogP contribution in [0.5, 0.6) is 0 Å². The van der Waals surface area contributed by atoms with Gasteiger partial charge in [-0.25, -0.2) is 0 Å². The SMILES string of the molecule is C=C1/C(=C\C(=C/C)NC(=O)CCCC(=O)NCCC(C)C)C(CO)c2cc(NC(=O)CCCC(=O)NCCC(C)C)ccc21.CC.CC.CC.CC(C)CCO.COC(C)(C)CO. The number of ether oxygens (including phenoxy) is 1. The summed E-state index contributed by atoms with van der Waals surface area (Å²) >= 11 is 0. The van der Waals surface area contributed by atoms with Gasteiger partial charge in [-0.1, -0.05) is 102 Å². The van der Waals surface area contributed by atoms with Gasteiger partial charge in [0.25, 0.3) is 0 Å². The van der Waals surface area contributed by atoms with Gasteiger partial charge < -0.3 is 41.3 Å². The summed E-state index contributed by atoms with van der Waals surface area (Å²) in [4.78, 5) is 49.1. The van der Waals surface area contributed by atoms with Crippen LogP contribution in [0.25, 0.3) is 5.57 Å². The zero-order valence-corrected chi connectivity index (χ0v) is 42.7. The van der Waals surface area contributed by atoms with Gasteiger partial charge in [-0.3, -0.25) is 19.2 Å². The van der Waals surface area contributed by atoms with Gasteiger partial charge in [0.15, 0.2) is 0 Å². The number of benzene rings is 1. The average molecular weight is 891 g/mol. The number of hydrogen-bond donors (Lipinski definition) is 7. The molecule has 0 saturated carbocycles. The number of anilines is 1. The largest absolute Gasteiger partial charge is 0.396 e. The number of allylic oxidation sites excluding steroid dienone is 3. The van der Waals surface area contributed by atoms with E-state index in [2.05, 4.69) is 69.4 Å². The Labute approximate surface area is 384 Å². The third-order valence-corrected chi connectivity index (χ3v) is 9.19. The van der Waals surface area contributed by atoms with Crippen molar-refractivity contribution in [3.63, 3.8) is 0 Å². The molecule has 1 aromatic rings. The topological polar surface area (TPSA) is 186 Å². The Hall–Kier alpha value is -3.84. The first-order valence-electron chi connectivity index (χ1n) is 23.6. The van der Waals surface area contributed by atoms with E-state index in [9.17, 15) is 24.3 Å². The second-order valence-electron chi connectivity index (χ2n) is 16.3. The molecular weight excluding hydrogens is 797 g/mol. The van der Waals surface area contributed by atoms with Crippen LogP contribution in [0.2, 0.25) is 0 Å². The molecule has 1 atom stereocenters. The molecule has 0 radical (unpaired) electrons. The average Bonchev–Trinajstić information content (AvgIpc) is 3.51. The molecule has 0 bridgehead atoms. The minimum Gasteiger partial charge on any atom is -0.396 e. The van der Waals surface area contributed by atoms with Gasteiger partial charge in [0, 0.05) is 69.8 Å². The number of amides is 4. The Balaban J connectivity index is -0.000000771. The summed E-state index contributed by atoms with van der Waals surface area (Å²) in [7, 11) is 1.58. The number of aliphatic hydroxyl groups excluding tert-OH is 3. The van der Waals surface area contributed by atoms with Crippen LogP contribution < -0.4 is 21.3 Å². The first kappa shape index (κ1) is 65.8. The van der Waals surface area contributed by atoms with Crippen molar-refractivity contribution < 1.29 is 39.2 Å². The van der Waals surface area contributed by atoms with E-state index < -0.39 is 0 Å². The van der Waals surface area contributed by atoms with Gasteiger partial charge >= 0.3 is 0 Å². The molecule has 0 fully saturated rings. The lowest BCUT2D eigenvalue weighted by atomic mass is 9.96. The zero-order valence-electron chi connectivity index (χ0n) is 42.7. The third kappa shape index (κ3) is 33.4. The summed E-state index contributed by atoms with van der Waals surface area (Å²) in [6.07, 6.45) is 8.32. The molecule has 2 rings (SSSR count). The summed E-state index contributed by atoms with van der Waals surface area (Å²) in [6, 6.07) is 5.52. The third-order valence-electron chi connectivity index (χ3n) is 9.19. The molecule has 12 heteroatoms. The second-order valence-corrected chi connectivity index (χ2v) is 16.3. The Bertz CT molecular complexity index is 1440. The maximum absolute atomic E-state index is 12.6. The molecule has 12 nitrogen and oxygen atoms in total. The molecule has 1 unspecified atom stereocenters. The fourth-order valence-corrected chi connectivity index (χ4v) is 5.25. The summed E-state index contributed by atoms with van der Waals surface area (Å²) in [6.45, 7) is 35.8. The number of carbonyl (C=O) groups is 4. The highest BCUT2D eigenvalue weighted by Gasteiger charge is 2.30. The summed E-state index contributed by atoms with van der Waals surface area (Å²) in [5, 5.41) is 38.6. The molecule has 63 heavy (non-hydrogen) atoms. The van der Waals surface area contributed by atoms with Crippen molar-refractivity contribution in [2.45, 2.75) is 173 Å². The van der Waals surface area contributed by atoms with Crippen LogP contribution in [0.15, 0.2) is 48.2 Å².